The number of β-lactam (4-membered cyclic amide) rings is 1. The van der Waals surface area contributed by atoms with Crippen molar-refractivity contribution in [3.8, 4) is 0 Å². The second kappa shape index (κ2) is 6.23. The summed E-state index contributed by atoms with van der Waals surface area (Å²) in [6.45, 7) is 3.23. The molecule has 0 aromatic heterocycles. The molecule has 1 amide bonds. The maximum absolute atomic E-state index is 12.0. The third-order valence-corrected chi connectivity index (χ3v) is 4.16. The van der Waals surface area contributed by atoms with E-state index in [1.807, 2.05) is 0 Å². The normalized spacial score (nSPS) is 30.2. The van der Waals surface area contributed by atoms with Gasteiger partial charge in [0.05, 0.1) is 5.92 Å². The van der Waals surface area contributed by atoms with E-state index in [0.717, 1.165) is 25.8 Å². The van der Waals surface area contributed by atoms with Crippen LogP contribution in [0, 0.1) is 5.92 Å². The van der Waals surface area contributed by atoms with Crippen molar-refractivity contribution < 1.29 is 4.79 Å². The summed E-state index contributed by atoms with van der Waals surface area (Å²) in [6.07, 6.45) is 14.1. The summed E-state index contributed by atoms with van der Waals surface area (Å²) in [4.78, 5) is 14.2. The van der Waals surface area contributed by atoms with Crippen LogP contribution in [-0.2, 0) is 4.79 Å². The van der Waals surface area contributed by atoms with Crippen LogP contribution < -0.4 is 0 Å². The highest BCUT2D eigenvalue weighted by Gasteiger charge is 2.45. The lowest BCUT2D eigenvalue weighted by Crippen LogP contribution is -2.61. The van der Waals surface area contributed by atoms with Crippen LogP contribution >= 0.6 is 0 Å². The topological polar surface area (TPSA) is 20.3 Å². The van der Waals surface area contributed by atoms with Crippen LogP contribution in [0.3, 0.4) is 0 Å². The van der Waals surface area contributed by atoms with E-state index in [0.29, 0.717) is 17.9 Å². The molecule has 0 radical (unpaired) electrons. The predicted molar refractivity (Wildman–Crippen MR) is 70.7 cm³/mol. The Kier molecular flexibility index (Phi) is 4.64. The number of unbranched alkanes of at least 4 members (excludes halogenated alkanes) is 3. The summed E-state index contributed by atoms with van der Waals surface area (Å²) in [5.41, 5.74) is 0. The minimum atomic E-state index is 0.353. The molecule has 0 bridgehead atoms. The van der Waals surface area contributed by atoms with Gasteiger partial charge in [-0.15, -0.1) is 0 Å². The first kappa shape index (κ1) is 12.7. The summed E-state index contributed by atoms with van der Waals surface area (Å²) >= 11 is 0. The van der Waals surface area contributed by atoms with Crippen molar-refractivity contribution in [1.29, 1.82) is 0 Å². The van der Waals surface area contributed by atoms with Gasteiger partial charge >= 0.3 is 0 Å². The van der Waals surface area contributed by atoms with Gasteiger partial charge in [0.15, 0.2) is 0 Å². The molecular weight excluding hydrogens is 210 g/mol. The van der Waals surface area contributed by atoms with Crippen molar-refractivity contribution in [2.45, 2.75) is 64.3 Å². The van der Waals surface area contributed by atoms with E-state index >= 15 is 0 Å². The number of fused-ring (bicyclic) bond motifs is 1. The molecule has 1 aliphatic carbocycles. The molecule has 0 N–H and O–H groups in total. The number of likely N-dealkylation sites (tertiary alicyclic amines) is 1. The number of allylic oxidation sites excluding steroid dienone is 2. The van der Waals surface area contributed by atoms with Gasteiger partial charge in [-0.2, -0.15) is 0 Å². The number of hydrogen-bond donors (Lipinski definition) is 0. The standard InChI is InChI=1S/C15H25NO/c1-2-3-4-9-12-16-14-11-8-6-5-7-10-13(14)15(16)17/h5-6,13-14H,2-4,7-12H2,1H3/b6-5-. The molecule has 1 aliphatic heterocycles. The molecule has 0 spiro atoms. The lowest BCUT2D eigenvalue weighted by molar-refractivity contribution is -0.157. The third-order valence-electron chi connectivity index (χ3n) is 4.16. The van der Waals surface area contributed by atoms with Crippen molar-refractivity contribution in [1.82, 2.24) is 4.90 Å². The highest BCUT2D eigenvalue weighted by Crippen LogP contribution is 2.35. The average Bonchev–Trinajstić information content (AvgIpc) is 2.31. The van der Waals surface area contributed by atoms with Crippen molar-refractivity contribution in [2.75, 3.05) is 6.54 Å². The Hall–Kier alpha value is -0.790. The Morgan fingerprint density at radius 2 is 1.94 bits per heavy atom. The molecule has 17 heavy (non-hydrogen) atoms. The first-order valence-electron chi connectivity index (χ1n) is 7.30. The number of nitrogens with zero attached hydrogens (tertiary/aromatic N) is 1. The van der Waals surface area contributed by atoms with Gasteiger partial charge in [-0.25, -0.2) is 0 Å². The van der Waals surface area contributed by atoms with Crippen molar-refractivity contribution >= 4 is 5.91 Å². The highest BCUT2D eigenvalue weighted by atomic mass is 16.2. The highest BCUT2D eigenvalue weighted by molar-refractivity contribution is 5.86. The van der Waals surface area contributed by atoms with Gasteiger partial charge in [-0.1, -0.05) is 38.3 Å². The fraction of sp³-hybridized carbons (Fsp3) is 0.800. The van der Waals surface area contributed by atoms with E-state index < -0.39 is 0 Å². The van der Waals surface area contributed by atoms with Crippen LogP contribution in [0.4, 0.5) is 0 Å². The lowest BCUT2D eigenvalue weighted by atomic mass is 9.79. The number of carbonyl (C=O) groups excluding carboxylic acids is 1. The van der Waals surface area contributed by atoms with Gasteiger partial charge in [-0.3, -0.25) is 4.79 Å². The van der Waals surface area contributed by atoms with E-state index in [1.165, 1.54) is 32.1 Å². The summed E-state index contributed by atoms with van der Waals surface area (Å²) in [5, 5.41) is 0. The van der Waals surface area contributed by atoms with E-state index in [2.05, 4.69) is 24.0 Å². The van der Waals surface area contributed by atoms with E-state index in [-0.39, 0.29) is 0 Å². The number of amides is 1. The maximum Gasteiger partial charge on any atom is 0.228 e. The number of carbonyl (C=O) groups is 1. The first-order valence-corrected chi connectivity index (χ1v) is 7.30. The van der Waals surface area contributed by atoms with E-state index in [9.17, 15) is 4.79 Å². The SMILES string of the molecule is CCCCCCN1C(=O)C2CC/C=C\CCC21. The zero-order chi connectivity index (χ0) is 12.1. The number of hydrogen-bond acceptors (Lipinski definition) is 1. The Morgan fingerprint density at radius 3 is 2.71 bits per heavy atom. The van der Waals surface area contributed by atoms with Crippen molar-refractivity contribution in [3.63, 3.8) is 0 Å². The van der Waals surface area contributed by atoms with E-state index in [4.69, 9.17) is 0 Å². The Balaban J connectivity index is 1.79. The van der Waals surface area contributed by atoms with Gasteiger partial charge in [0.1, 0.15) is 0 Å². The van der Waals surface area contributed by atoms with Gasteiger partial charge in [0.2, 0.25) is 5.91 Å². The van der Waals surface area contributed by atoms with Gasteiger partial charge in [0.25, 0.3) is 0 Å². The molecule has 0 aromatic carbocycles. The Bertz CT molecular complexity index is 285. The van der Waals surface area contributed by atoms with E-state index in [1.54, 1.807) is 0 Å². The van der Waals surface area contributed by atoms with Gasteiger partial charge in [-0.05, 0) is 32.1 Å². The second-order valence-electron chi connectivity index (χ2n) is 5.39. The third kappa shape index (κ3) is 2.91. The predicted octanol–water partition coefficient (Wildman–Crippen LogP) is 3.52. The molecule has 2 atom stereocenters. The largest absolute Gasteiger partial charge is 0.339 e. The van der Waals surface area contributed by atoms with Crippen LogP contribution in [-0.4, -0.2) is 23.4 Å². The van der Waals surface area contributed by atoms with Crippen LogP contribution in [0.1, 0.15) is 58.3 Å². The van der Waals surface area contributed by atoms with Crippen molar-refractivity contribution in [3.05, 3.63) is 12.2 Å². The summed E-state index contributed by atoms with van der Waals surface area (Å²) in [7, 11) is 0. The molecule has 1 saturated heterocycles. The summed E-state index contributed by atoms with van der Waals surface area (Å²) in [5.74, 6) is 0.785. The maximum atomic E-state index is 12.0. The zero-order valence-corrected chi connectivity index (χ0v) is 11.0. The van der Waals surface area contributed by atoms with Crippen LogP contribution in [0.5, 0.6) is 0 Å². The van der Waals surface area contributed by atoms with Crippen LogP contribution in [0.2, 0.25) is 0 Å². The van der Waals surface area contributed by atoms with Crippen molar-refractivity contribution in [2.24, 2.45) is 5.92 Å². The Morgan fingerprint density at radius 1 is 1.18 bits per heavy atom. The molecule has 2 aliphatic rings. The van der Waals surface area contributed by atoms with Gasteiger partial charge in [0, 0.05) is 12.6 Å². The number of rotatable bonds is 5. The molecule has 0 aromatic rings. The minimum Gasteiger partial charge on any atom is -0.339 e. The molecule has 1 heterocycles. The molecule has 2 unspecified atom stereocenters. The molecule has 2 nitrogen and oxygen atoms in total. The smallest absolute Gasteiger partial charge is 0.228 e. The first-order chi connectivity index (χ1) is 8.34. The van der Waals surface area contributed by atoms with Gasteiger partial charge < -0.3 is 4.90 Å². The van der Waals surface area contributed by atoms with Crippen LogP contribution in [0.15, 0.2) is 12.2 Å². The Labute approximate surface area is 105 Å². The lowest BCUT2D eigenvalue weighted by Gasteiger charge is -2.48. The monoisotopic (exact) mass is 235 g/mol. The summed E-state index contributed by atoms with van der Waals surface area (Å²) < 4.78 is 0. The zero-order valence-electron chi connectivity index (χ0n) is 11.0. The molecule has 2 heteroatoms. The average molecular weight is 235 g/mol. The fourth-order valence-corrected chi connectivity index (χ4v) is 3.11. The molecule has 0 saturated carbocycles. The molecule has 2 rings (SSSR count). The fourth-order valence-electron chi connectivity index (χ4n) is 3.11. The second-order valence-corrected chi connectivity index (χ2v) is 5.39. The van der Waals surface area contributed by atoms with Crippen LogP contribution in [0.25, 0.3) is 0 Å². The summed E-state index contributed by atoms with van der Waals surface area (Å²) in [6, 6.07) is 0.564. The minimum absolute atomic E-state index is 0.353. The molecule has 96 valence electrons. The quantitative estimate of drug-likeness (QED) is 0.405. The molecular formula is C15H25NO. The molecule has 1 fully saturated rings.